The number of nitrogens with zero attached hydrogens (tertiary/aromatic N) is 5. The molecule has 642 valence electrons. The molecule has 0 saturated heterocycles. The summed E-state index contributed by atoms with van der Waals surface area (Å²) in [5.41, 5.74) is 23.9. The van der Waals surface area contributed by atoms with Gasteiger partial charge in [-0.05, 0) is 198 Å². The number of amides is 3. The smallest absolute Gasteiger partial charge is 0.281 e. The standard InChI is InChI=1S/C34H28N2O5S.C33H28N4O5S.C33H28N4O4S2/c1-21-18-19-30(40-23(3)24-12-6-4-7-13-24)31-27(34(37)36-42(38,39)25-14-8-5-9-15-25)20-28(35-32(21)31)33-22(2)26-16-10-11-17-29(26)41-33;1-19-16-17-27(41-21(3)22-10-5-4-6-11-22)30-24(33(38)37-43(39,40)29-15-9-14-28(34)36-29)18-25(35-31(19)30)32-20(2)23-12-7-8-13-26(23)42-32;1-19-16-17-26(41-21(3)22-10-5-4-6-11-22)30-24(33(38)37-43(39,40)29-15-9-14-28(34)36-29)18-25(35-31(19)30)32-20(2)23-12-7-8-13-27(23)42-32/h4-20,23H,1-3H3,(H,36,37);2*4-18,21H,1-3H3,(H2,34,36)(H,37,38)/t23-;2*21-/m111/s1. The fourth-order valence-corrected chi connectivity index (χ4v) is 19.2. The third-order valence-corrected chi connectivity index (χ3v) is 26.9. The Labute approximate surface area is 741 Å². The van der Waals surface area contributed by atoms with E-state index in [0.29, 0.717) is 89.7 Å². The summed E-state index contributed by atoms with van der Waals surface area (Å²) < 4.78 is 119. The Morgan fingerprint density at radius 1 is 0.352 bits per heavy atom. The molecule has 0 aliphatic rings. The highest BCUT2D eigenvalue weighted by Crippen LogP contribution is 2.45. The van der Waals surface area contributed by atoms with E-state index in [0.717, 1.165) is 75.8 Å². The van der Waals surface area contributed by atoms with E-state index >= 15 is 0 Å². The Kier molecular flexibility index (Phi) is 24.3. The summed E-state index contributed by atoms with van der Waals surface area (Å²) in [5, 5.41) is 3.39. The molecule has 18 rings (SSSR count). The molecule has 7 N–H and O–H groups in total. The van der Waals surface area contributed by atoms with Crippen LogP contribution in [0.3, 0.4) is 0 Å². The molecule has 8 heterocycles. The van der Waals surface area contributed by atoms with Crippen LogP contribution in [0, 0.1) is 41.5 Å². The topological polar surface area (TPSA) is 360 Å². The number of sulfonamides is 3. The van der Waals surface area contributed by atoms with Crippen LogP contribution in [0.4, 0.5) is 11.6 Å². The van der Waals surface area contributed by atoms with Crippen molar-refractivity contribution in [1.29, 1.82) is 0 Å². The summed E-state index contributed by atoms with van der Waals surface area (Å²) in [5.74, 6) is -0.312. The average Bonchev–Trinajstić information content (AvgIpc) is 1.50. The van der Waals surface area contributed by atoms with Gasteiger partial charge in [0, 0.05) is 26.6 Å². The molecule has 0 aliphatic carbocycles. The first-order valence-electron chi connectivity index (χ1n) is 40.6. The van der Waals surface area contributed by atoms with Crippen LogP contribution in [-0.4, -0.2) is 67.9 Å². The van der Waals surface area contributed by atoms with E-state index in [2.05, 4.69) is 24.1 Å². The molecule has 3 amide bonds. The van der Waals surface area contributed by atoms with Gasteiger partial charge in [-0.15, -0.1) is 11.3 Å². The Balaban J connectivity index is 0.000000141. The third kappa shape index (κ3) is 17.9. The lowest BCUT2D eigenvalue weighted by Gasteiger charge is -2.19. The lowest BCUT2D eigenvalue weighted by Crippen LogP contribution is -2.31. The number of furan rings is 2. The molecule has 8 aromatic heterocycles. The van der Waals surface area contributed by atoms with E-state index in [1.54, 1.807) is 59.9 Å². The highest BCUT2D eigenvalue weighted by molar-refractivity contribution is 7.90. The van der Waals surface area contributed by atoms with Crippen molar-refractivity contribution in [3.63, 3.8) is 0 Å². The number of aromatic nitrogens is 5. The second kappa shape index (κ2) is 35.9. The highest BCUT2D eigenvalue weighted by Gasteiger charge is 2.32. The molecule has 18 aromatic rings. The number of anilines is 2. The van der Waals surface area contributed by atoms with Crippen LogP contribution in [0.25, 0.3) is 98.2 Å². The number of thiophene rings is 1. The number of fused-ring (bicyclic) bond motifs is 6. The molecule has 0 spiro atoms. The van der Waals surface area contributed by atoms with Gasteiger partial charge in [-0.2, -0.15) is 16.8 Å². The first kappa shape index (κ1) is 86.5. The molecule has 0 aliphatic heterocycles. The SMILES string of the molecule is Cc1c(-c2cc(C(=O)NS(=O)(=O)c3cccc(N)n3)c3c(O[C@H](C)c4ccccc4)ccc(C)c3n2)oc2ccccc12.Cc1c(-c2cc(C(=O)NS(=O)(=O)c3cccc(N)n3)c3c(O[C@H](C)c4ccccc4)ccc(C)c3n2)sc2ccccc12.Cc1c(-c2cc(C(=O)NS(=O)(=O)c3ccccc3)c3c(O[C@H](C)c4ccccc4)ccc(C)c3n2)oc2ccccc12. The molecule has 0 radical (unpaired) electrons. The van der Waals surface area contributed by atoms with E-state index in [1.165, 1.54) is 54.6 Å². The zero-order chi connectivity index (χ0) is 90.0. The first-order valence-corrected chi connectivity index (χ1v) is 45.9. The van der Waals surface area contributed by atoms with Crippen molar-refractivity contribution in [3.05, 3.63) is 352 Å². The minimum atomic E-state index is -4.37. The fourth-order valence-electron chi connectivity index (χ4n) is 15.2. The van der Waals surface area contributed by atoms with E-state index < -0.39 is 47.8 Å². The van der Waals surface area contributed by atoms with Gasteiger partial charge in [0.05, 0.1) is 64.9 Å². The van der Waals surface area contributed by atoms with Gasteiger partial charge in [0.25, 0.3) is 47.8 Å². The number of rotatable bonds is 21. The minimum Gasteiger partial charge on any atom is -0.485 e. The first-order chi connectivity index (χ1) is 61.5. The number of aryl methyl sites for hydroxylation is 6. The second-order valence-electron chi connectivity index (χ2n) is 30.6. The molecule has 128 heavy (non-hydrogen) atoms. The summed E-state index contributed by atoms with van der Waals surface area (Å²) in [4.78, 5) is 65.3. The number of carbonyl (C=O) groups excluding carboxylic acids is 3. The molecule has 3 atom stereocenters. The molecule has 10 aromatic carbocycles. The van der Waals surface area contributed by atoms with E-state index in [9.17, 15) is 39.6 Å². The normalized spacial score (nSPS) is 12.4. The lowest BCUT2D eigenvalue weighted by molar-refractivity contribution is 0.0973. The zero-order valence-electron chi connectivity index (χ0n) is 70.6. The van der Waals surface area contributed by atoms with Crippen molar-refractivity contribution in [2.45, 2.75) is 95.6 Å². The van der Waals surface area contributed by atoms with Gasteiger partial charge in [-0.25, -0.2) is 47.5 Å². The maximum absolute atomic E-state index is 14.0. The van der Waals surface area contributed by atoms with Gasteiger partial charge >= 0.3 is 0 Å². The number of hydrogen-bond donors (Lipinski definition) is 5. The number of nitrogens with one attached hydrogen (secondary N) is 3. The third-order valence-electron chi connectivity index (χ3n) is 21.8. The monoisotopic (exact) mass is 1780 g/mol. The predicted molar refractivity (Wildman–Crippen MR) is 499 cm³/mol. The number of hydrogen-bond acceptors (Lipinski definition) is 22. The molecule has 0 unspecified atom stereocenters. The summed E-state index contributed by atoms with van der Waals surface area (Å²) in [6.45, 7) is 17.2. The quantitative estimate of drug-likeness (QED) is 0.0446. The number of ether oxygens (including phenoxy) is 3. The Morgan fingerprint density at radius 2 is 0.680 bits per heavy atom. The van der Waals surface area contributed by atoms with Crippen LogP contribution in [-0.2, 0) is 30.1 Å². The van der Waals surface area contributed by atoms with Crippen LogP contribution in [0.1, 0.15) is 120 Å². The maximum atomic E-state index is 14.0. The Hall–Kier alpha value is -15.0. The zero-order valence-corrected chi connectivity index (χ0v) is 73.9. The second-order valence-corrected chi connectivity index (χ2v) is 36.6. The van der Waals surface area contributed by atoms with Crippen molar-refractivity contribution in [1.82, 2.24) is 39.1 Å². The van der Waals surface area contributed by atoms with Crippen LogP contribution in [0.15, 0.2) is 309 Å². The number of para-hydroxylation sites is 2. The molecule has 0 saturated carbocycles. The number of pyridine rings is 5. The average molecular weight is 1780 g/mol. The molecule has 0 fully saturated rings. The van der Waals surface area contributed by atoms with Gasteiger partial charge in [-0.1, -0.05) is 194 Å². The van der Waals surface area contributed by atoms with E-state index in [-0.39, 0.29) is 61.6 Å². The maximum Gasteiger partial charge on any atom is 0.281 e. The van der Waals surface area contributed by atoms with Gasteiger partial charge in [0.2, 0.25) is 0 Å². The fraction of sp³-hybridized carbons (Fsp3) is 0.120. The van der Waals surface area contributed by atoms with Crippen LogP contribution in [0.5, 0.6) is 17.2 Å². The molecule has 0 bridgehead atoms. The van der Waals surface area contributed by atoms with Crippen LogP contribution < -0.4 is 39.8 Å². The number of nitrogens with two attached hydrogens (primary N) is 2. The Bertz CT molecular complexity index is 7450. The largest absolute Gasteiger partial charge is 0.485 e. The molecule has 24 nitrogen and oxygen atoms in total. The van der Waals surface area contributed by atoms with E-state index in [4.69, 9.17) is 49.5 Å². The van der Waals surface area contributed by atoms with Gasteiger partial charge in [0.1, 0.15) is 69.8 Å². The molecule has 28 heteroatoms. The van der Waals surface area contributed by atoms with Crippen LogP contribution in [0.2, 0.25) is 0 Å². The summed E-state index contributed by atoms with van der Waals surface area (Å²) in [6, 6.07) is 84.2. The summed E-state index contributed by atoms with van der Waals surface area (Å²) >= 11 is 1.57. The van der Waals surface area contributed by atoms with Crippen molar-refractivity contribution in [2.75, 3.05) is 11.5 Å². The molecular formula is C100H84N10O14S4. The molecular weight excluding hydrogens is 1690 g/mol. The van der Waals surface area contributed by atoms with Gasteiger partial charge in [0.15, 0.2) is 21.6 Å². The van der Waals surface area contributed by atoms with Crippen LogP contribution >= 0.6 is 11.3 Å². The Morgan fingerprint density at radius 3 is 1.05 bits per heavy atom. The van der Waals surface area contributed by atoms with Gasteiger partial charge in [-0.3, -0.25) is 14.4 Å². The summed E-state index contributed by atoms with van der Waals surface area (Å²) in [7, 11) is -12.9. The van der Waals surface area contributed by atoms with Crippen molar-refractivity contribution in [2.24, 2.45) is 0 Å². The predicted octanol–water partition coefficient (Wildman–Crippen LogP) is 21.0. The van der Waals surface area contributed by atoms with Crippen molar-refractivity contribution >= 4 is 135 Å². The minimum absolute atomic E-state index is 0.00791. The lowest BCUT2D eigenvalue weighted by atomic mass is 10.0. The van der Waals surface area contributed by atoms with Gasteiger partial charge < -0.3 is 34.5 Å². The number of benzene rings is 10. The number of nitrogen functional groups attached to an aromatic ring is 2. The van der Waals surface area contributed by atoms with Crippen molar-refractivity contribution < 1.29 is 62.7 Å². The van der Waals surface area contributed by atoms with E-state index in [1.807, 2.05) is 244 Å². The van der Waals surface area contributed by atoms with Crippen molar-refractivity contribution in [3.8, 4) is 50.7 Å². The summed E-state index contributed by atoms with van der Waals surface area (Å²) in [6.07, 6.45) is -1.08. The highest BCUT2D eigenvalue weighted by atomic mass is 32.2. The number of carbonyl (C=O) groups is 3.